The van der Waals surface area contributed by atoms with Gasteiger partial charge in [0.25, 0.3) is 0 Å². The molecule has 1 aliphatic rings. The van der Waals surface area contributed by atoms with Crippen LogP contribution in [0.25, 0.3) is 22.4 Å². The number of aromatic nitrogens is 2. The van der Waals surface area contributed by atoms with Gasteiger partial charge < -0.3 is 14.7 Å². The molecule has 1 aliphatic heterocycles. The minimum atomic E-state index is -0.0487. The lowest BCUT2D eigenvalue weighted by atomic mass is 10.0. The molecule has 0 aliphatic carbocycles. The molecule has 7 heteroatoms. The standard InChI is InChI=1S/C29H35N5O2/c1-4-22(2)20-34(23(3)35)21-29(36)33-18-16-32(17-19-33)28-15-14-27(30-31-28)26-12-10-25(11-13-26)24-8-6-5-7-9-24/h5-15,22H,4,16-21H2,1-3H3/t22-/m0/s1. The third-order valence-corrected chi connectivity index (χ3v) is 6.90. The summed E-state index contributed by atoms with van der Waals surface area (Å²) in [5.41, 5.74) is 4.21. The van der Waals surface area contributed by atoms with E-state index in [2.05, 4.69) is 65.3 Å². The molecule has 0 bridgehead atoms. The summed E-state index contributed by atoms with van der Waals surface area (Å²) in [5, 5.41) is 8.92. The van der Waals surface area contributed by atoms with Gasteiger partial charge in [0.1, 0.15) is 0 Å². The second-order valence-electron chi connectivity index (χ2n) is 9.50. The maximum absolute atomic E-state index is 12.8. The molecule has 0 spiro atoms. The normalized spacial score (nSPS) is 14.4. The maximum atomic E-state index is 12.8. The van der Waals surface area contributed by atoms with Crippen LogP contribution in [0.1, 0.15) is 27.2 Å². The molecule has 0 unspecified atom stereocenters. The molecule has 0 N–H and O–H groups in total. The fraction of sp³-hybridized carbons (Fsp3) is 0.379. The Morgan fingerprint density at radius 3 is 2.08 bits per heavy atom. The Morgan fingerprint density at radius 1 is 0.861 bits per heavy atom. The van der Waals surface area contributed by atoms with Crippen molar-refractivity contribution in [2.75, 3.05) is 44.2 Å². The molecule has 2 heterocycles. The van der Waals surface area contributed by atoms with Crippen molar-refractivity contribution in [3.63, 3.8) is 0 Å². The molecular weight excluding hydrogens is 450 g/mol. The lowest BCUT2D eigenvalue weighted by Crippen LogP contribution is -2.52. The fourth-order valence-corrected chi connectivity index (χ4v) is 4.37. The summed E-state index contributed by atoms with van der Waals surface area (Å²) in [7, 11) is 0. The van der Waals surface area contributed by atoms with Crippen molar-refractivity contribution >= 4 is 17.6 Å². The van der Waals surface area contributed by atoms with E-state index >= 15 is 0 Å². The van der Waals surface area contributed by atoms with Crippen molar-refractivity contribution in [3.05, 3.63) is 66.7 Å². The summed E-state index contributed by atoms with van der Waals surface area (Å²) >= 11 is 0. The Balaban J connectivity index is 1.32. The van der Waals surface area contributed by atoms with Gasteiger partial charge in [-0.1, -0.05) is 74.9 Å². The zero-order valence-electron chi connectivity index (χ0n) is 21.4. The van der Waals surface area contributed by atoms with E-state index in [9.17, 15) is 9.59 Å². The first-order valence-corrected chi connectivity index (χ1v) is 12.7. The largest absolute Gasteiger partial charge is 0.352 e. The highest BCUT2D eigenvalue weighted by Crippen LogP contribution is 2.24. The molecule has 1 atom stereocenters. The Labute approximate surface area is 213 Å². The lowest BCUT2D eigenvalue weighted by molar-refractivity contribution is -0.140. The smallest absolute Gasteiger partial charge is 0.242 e. The van der Waals surface area contributed by atoms with Crippen LogP contribution < -0.4 is 4.90 Å². The highest BCUT2D eigenvalue weighted by molar-refractivity contribution is 5.84. The Kier molecular flexibility index (Phi) is 8.31. The number of hydrogen-bond donors (Lipinski definition) is 0. The first-order valence-electron chi connectivity index (χ1n) is 12.7. The summed E-state index contributed by atoms with van der Waals surface area (Å²) in [6, 6.07) is 22.6. The number of hydrogen-bond acceptors (Lipinski definition) is 5. The highest BCUT2D eigenvalue weighted by atomic mass is 16.2. The Hall–Kier alpha value is -3.74. The first kappa shape index (κ1) is 25.4. The summed E-state index contributed by atoms with van der Waals surface area (Å²) in [6.07, 6.45) is 0.982. The van der Waals surface area contributed by atoms with Crippen LogP contribution in [-0.4, -0.2) is 71.1 Å². The van der Waals surface area contributed by atoms with Crippen LogP contribution in [0.5, 0.6) is 0 Å². The number of carbonyl (C=O) groups excluding carboxylic acids is 2. The van der Waals surface area contributed by atoms with Gasteiger partial charge in [-0.25, -0.2) is 0 Å². The van der Waals surface area contributed by atoms with Gasteiger partial charge in [-0.05, 0) is 29.2 Å². The van der Waals surface area contributed by atoms with Crippen LogP contribution in [0.15, 0.2) is 66.7 Å². The molecule has 0 saturated carbocycles. The average molecular weight is 486 g/mol. The molecule has 7 nitrogen and oxygen atoms in total. The number of benzene rings is 2. The van der Waals surface area contributed by atoms with E-state index in [0.29, 0.717) is 38.6 Å². The number of amides is 2. The van der Waals surface area contributed by atoms with Crippen molar-refractivity contribution in [1.29, 1.82) is 0 Å². The van der Waals surface area contributed by atoms with Gasteiger partial charge in [0.15, 0.2) is 5.82 Å². The van der Waals surface area contributed by atoms with Crippen molar-refractivity contribution in [2.45, 2.75) is 27.2 Å². The molecular formula is C29H35N5O2. The third-order valence-electron chi connectivity index (χ3n) is 6.90. The molecule has 1 saturated heterocycles. The number of piperazine rings is 1. The predicted molar refractivity (Wildman–Crippen MR) is 143 cm³/mol. The van der Waals surface area contributed by atoms with E-state index in [-0.39, 0.29) is 18.4 Å². The van der Waals surface area contributed by atoms with Crippen molar-refractivity contribution in [3.8, 4) is 22.4 Å². The van der Waals surface area contributed by atoms with Crippen LogP contribution in [0, 0.1) is 5.92 Å². The van der Waals surface area contributed by atoms with Gasteiger partial charge in [-0.2, -0.15) is 0 Å². The molecule has 188 valence electrons. The predicted octanol–water partition coefficient (Wildman–Crippen LogP) is 4.35. The van der Waals surface area contributed by atoms with Gasteiger partial charge >= 0.3 is 0 Å². The molecule has 4 rings (SSSR count). The Morgan fingerprint density at radius 2 is 1.50 bits per heavy atom. The van der Waals surface area contributed by atoms with E-state index in [4.69, 9.17) is 0 Å². The summed E-state index contributed by atoms with van der Waals surface area (Å²) in [4.78, 5) is 30.5. The van der Waals surface area contributed by atoms with E-state index in [0.717, 1.165) is 23.5 Å². The quantitative estimate of drug-likeness (QED) is 0.474. The van der Waals surface area contributed by atoms with E-state index in [1.54, 1.807) is 4.90 Å². The second kappa shape index (κ2) is 11.8. The van der Waals surface area contributed by atoms with Gasteiger partial charge in [0.05, 0.1) is 12.2 Å². The molecule has 1 aromatic heterocycles. The van der Waals surface area contributed by atoms with E-state index in [1.165, 1.54) is 18.1 Å². The second-order valence-corrected chi connectivity index (χ2v) is 9.50. The summed E-state index contributed by atoms with van der Waals surface area (Å²) in [6.45, 7) is 9.11. The van der Waals surface area contributed by atoms with Crippen LogP contribution in [0.4, 0.5) is 5.82 Å². The maximum Gasteiger partial charge on any atom is 0.242 e. The van der Waals surface area contributed by atoms with Crippen LogP contribution >= 0.6 is 0 Å². The molecule has 2 amide bonds. The fourth-order valence-electron chi connectivity index (χ4n) is 4.37. The first-order chi connectivity index (χ1) is 17.4. The zero-order chi connectivity index (χ0) is 25.5. The van der Waals surface area contributed by atoms with Crippen molar-refractivity contribution < 1.29 is 9.59 Å². The van der Waals surface area contributed by atoms with E-state index < -0.39 is 0 Å². The van der Waals surface area contributed by atoms with Gasteiger partial charge in [0.2, 0.25) is 11.8 Å². The third kappa shape index (κ3) is 6.27. The number of carbonyl (C=O) groups is 2. The minimum absolute atomic E-state index is 0.00790. The Bertz CT molecular complexity index is 1140. The van der Waals surface area contributed by atoms with Crippen molar-refractivity contribution in [2.24, 2.45) is 5.92 Å². The zero-order valence-corrected chi connectivity index (χ0v) is 21.4. The van der Waals surface area contributed by atoms with Crippen LogP contribution in [-0.2, 0) is 9.59 Å². The topological polar surface area (TPSA) is 69.6 Å². The SMILES string of the molecule is CC[C@H](C)CN(CC(=O)N1CCN(c2ccc(-c3ccc(-c4ccccc4)cc3)nn2)CC1)C(C)=O. The number of anilines is 1. The van der Waals surface area contributed by atoms with Crippen molar-refractivity contribution in [1.82, 2.24) is 20.0 Å². The van der Waals surface area contributed by atoms with Gasteiger partial charge in [-0.3, -0.25) is 9.59 Å². The van der Waals surface area contributed by atoms with E-state index in [1.807, 2.05) is 35.2 Å². The van der Waals surface area contributed by atoms with Crippen LogP contribution in [0.2, 0.25) is 0 Å². The number of nitrogens with zero attached hydrogens (tertiary/aromatic N) is 5. The van der Waals surface area contributed by atoms with Crippen LogP contribution in [0.3, 0.4) is 0 Å². The lowest BCUT2D eigenvalue weighted by Gasteiger charge is -2.36. The molecule has 1 fully saturated rings. The number of rotatable bonds is 8. The van der Waals surface area contributed by atoms with Gasteiger partial charge in [-0.15, -0.1) is 10.2 Å². The highest BCUT2D eigenvalue weighted by Gasteiger charge is 2.25. The summed E-state index contributed by atoms with van der Waals surface area (Å²) < 4.78 is 0. The molecule has 0 radical (unpaired) electrons. The van der Waals surface area contributed by atoms with Gasteiger partial charge in [0, 0.05) is 45.2 Å². The molecule has 36 heavy (non-hydrogen) atoms. The molecule has 2 aromatic carbocycles. The summed E-state index contributed by atoms with van der Waals surface area (Å²) in [5.74, 6) is 1.15. The average Bonchev–Trinajstić information content (AvgIpc) is 2.93. The molecule has 3 aromatic rings. The minimum Gasteiger partial charge on any atom is -0.352 e. The monoisotopic (exact) mass is 485 g/mol.